The van der Waals surface area contributed by atoms with Crippen LogP contribution in [0.25, 0.3) is 0 Å². The average molecular weight is 301 g/mol. The summed E-state index contributed by atoms with van der Waals surface area (Å²) in [5.41, 5.74) is 8.70. The zero-order chi connectivity index (χ0) is 15.1. The van der Waals surface area contributed by atoms with Gasteiger partial charge in [-0.15, -0.1) is 11.8 Å². The number of benzene rings is 2. The van der Waals surface area contributed by atoms with E-state index in [2.05, 4.69) is 50.2 Å². The summed E-state index contributed by atoms with van der Waals surface area (Å²) in [5.74, 6) is 1.79. The van der Waals surface area contributed by atoms with Gasteiger partial charge in [-0.3, -0.25) is 0 Å². The quantitative estimate of drug-likeness (QED) is 0.760. The largest absolute Gasteiger partial charge is 0.494 e. The van der Waals surface area contributed by atoms with Crippen molar-refractivity contribution in [3.05, 3.63) is 59.7 Å². The first kappa shape index (κ1) is 15.9. The van der Waals surface area contributed by atoms with Crippen LogP contribution < -0.4 is 10.5 Å². The summed E-state index contributed by atoms with van der Waals surface area (Å²) >= 11 is 1.80. The lowest BCUT2D eigenvalue weighted by Crippen LogP contribution is -2.12. The molecule has 2 rings (SSSR count). The van der Waals surface area contributed by atoms with E-state index in [1.807, 2.05) is 12.1 Å². The molecule has 0 radical (unpaired) electrons. The molecular formula is C18H23NOS. The van der Waals surface area contributed by atoms with E-state index in [-0.39, 0.29) is 6.04 Å². The molecule has 1 unspecified atom stereocenters. The Bertz CT molecular complexity index is 553. The highest BCUT2D eigenvalue weighted by Crippen LogP contribution is 2.25. The van der Waals surface area contributed by atoms with Gasteiger partial charge in [0.1, 0.15) is 5.75 Å². The summed E-state index contributed by atoms with van der Waals surface area (Å²) in [6.45, 7) is 4.97. The summed E-state index contributed by atoms with van der Waals surface area (Å²) < 4.78 is 5.59. The minimum absolute atomic E-state index is 0.0377. The molecule has 112 valence electrons. The number of hydrogen-bond donors (Lipinski definition) is 1. The van der Waals surface area contributed by atoms with Crippen molar-refractivity contribution >= 4 is 11.8 Å². The molecule has 0 saturated carbocycles. The molecule has 1 atom stereocenters. The third-order valence-corrected chi connectivity index (χ3v) is 4.31. The zero-order valence-corrected chi connectivity index (χ0v) is 13.5. The Balaban J connectivity index is 1.89. The first-order valence-corrected chi connectivity index (χ1v) is 8.35. The molecule has 0 amide bonds. The van der Waals surface area contributed by atoms with E-state index in [4.69, 9.17) is 10.5 Å². The van der Waals surface area contributed by atoms with Crippen LogP contribution in [0.5, 0.6) is 5.75 Å². The zero-order valence-electron chi connectivity index (χ0n) is 12.7. The highest BCUT2D eigenvalue weighted by Gasteiger charge is 2.07. The van der Waals surface area contributed by atoms with Crippen LogP contribution in [-0.4, -0.2) is 12.4 Å². The van der Waals surface area contributed by atoms with Gasteiger partial charge in [0, 0.05) is 16.7 Å². The molecule has 0 aliphatic heterocycles. The van der Waals surface area contributed by atoms with Crippen molar-refractivity contribution in [2.45, 2.75) is 31.2 Å². The SMILES string of the molecule is CCCOc1ccc(C(N)CSc2cccc(C)c2)cc1. The first-order chi connectivity index (χ1) is 10.2. The summed E-state index contributed by atoms with van der Waals surface area (Å²) in [5, 5.41) is 0. The predicted molar refractivity (Wildman–Crippen MR) is 91.1 cm³/mol. The van der Waals surface area contributed by atoms with Crippen LogP contribution in [0.1, 0.15) is 30.5 Å². The summed E-state index contributed by atoms with van der Waals surface area (Å²) in [7, 11) is 0. The minimum Gasteiger partial charge on any atom is -0.494 e. The summed E-state index contributed by atoms with van der Waals surface area (Å²) in [6.07, 6.45) is 1.02. The first-order valence-electron chi connectivity index (χ1n) is 7.37. The van der Waals surface area contributed by atoms with Crippen molar-refractivity contribution in [1.29, 1.82) is 0 Å². The molecule has 0 aliphatic carbocycles. The smallest absolute Gasteiger partial charge is 0.119 e. The van der Waals surface area contributed by atoms with Crippen LogP contribution in [0.3, 0.4) is 0 Å². The van der Waals surface area contributed by atoms with Crippen LogP contribution in [0.15, 0.2) is 53.4 Å². The van der Waals surface area contributed by atoms with E-state index in [0.717, 1.165) is 30.1 Å². The molecule has 2 nitrogen and oxygen atoms in total. The molecule has 0 aliphatic rings. The van der Waals surface area contributed by atoms with Crippen LogP contribution in [0.4, 0.5) is 0 Å². The van der Waals surface area contributed by atoms with Gasteiger partial charge < -0.3 is 10.5 Å². The van der Waals surface area contributed by atoms with Crippen molar-refractivity contribution in [2.24, 2.45) is 5.73 Å². The molecular weight excluding hydrogens is 278 g/mol. The molecule has 0 heterocycles. The summed E-state index contributed by atoms with van der Waals surface area (Å²) in [4.78, 5) is 1.27. The van der Waals surface area contributed by atoms with Gasteiger partial charge in [-0.05, 0) is 43.2 Å². The van der Waals surface area contributed by atoms with Crippen molar-refractivity contribution < 1.29 is 4.74 Å². The number of thioether (sulfide) groups is 1. The van der Waals surface area contributed by atoms with Crippen molar-refractivity contribution in [2.75, 3.05) is 12.4 Å². The van der Waals surface area contributed by atoms with Gasteiger partial charge in [0.15, 0.2) is 0 Å². The predicted octanol–water partition coefficient (Wildman–Crippen LogP) is 4.58. The molecule has 0 bridgehead atoms. The molecule has 2 aromatic carbocycles. The lowest BCUT2D eigenvalue weighted by molar-refractivity contribution is 0.317. The third-order valence-electron chi connectivity index (χ3n) is 3.20. The second-order valence-electron chi connectivity index (χ2n) is 5.15. The van der Waals surface area contributed by atoms with Crippen LogP contribution >= 0.6 is 11.8 Å². The van der Waals surface area contributed by atoms with Gasteiger partial charge in [0.25, 0.3) is 0 Å². The van der Waals surface area contributed by atoms with Gasteiger partial charge in [0.2, 0.25) is 0 Å². The molecule has 0 saturated heterocycles. The van der Waals surface area contributed by atoms with Crippen molar-refractivity contribution in [3.8, 4) is 5.75 Å². The van der Waals surface area contributed by atoms with Crippen LogP contribution in [0, 0.1) is 6.92 Å². The lowest BCUT2D eigenvalue weighted by Gasteiger charge is -2.13. The van der Waals surface area contributed by atoms with Gasteiger partial charge in [-0.1, -0.05) is 36.8 Å². The van der Waals surface area contributed by atoms with E-state index >= 15 is 0 Å². The maximum atomic E-state index is 6.27. The molecule has 2 N–H and O–H groups in total. The highest BCUT2D eigenvalue weighted by molar-refractivity contribution is 7.99. The van der Waals surface area contributed by atoms with Crippen LogP contribution in [-0.2, 0) is 0 Å². The number of rotatable bonds is 7. The molecule has 0 spiro atoms. The van der Waals surface area contributed by atoms with E-state index < -0.39 is 0 Å². The van der Waals surface area contributed by atoms with Crippen LogP contribution in [0.2, 0.25) is 0 Å². The molecule has 0 fully saturated rings. The standard InChI is InChI=1S/C18H23NOS/c1-3-11-20-16-9-7-15(8-10-16)18(19)13-21-17-6-4-5-14(2)12-17/h4-10,12,18H,3,11,13,19H2,1-2H3. The molecule has 3 heteroatoms. The van der Waals surface area contributed by atoms with Gasteiger partial charge >= 0.3 is 0 Å². The third kappa shape index (κ3) is 5.10. The van der Waals surface area contributed by atoms with Gasteiger partial charge in [-0.25, -0.2) is 0 Å². The second kappa shape index (κ2) is 8.11. The Hall–Kier alpha value is -1.45. The van der Waals surface area contributed by atoms with Gasteiger partial charge in [0.05, 0.1) is 6.61 Å². The Morgan fingerprint density at radius 1 is 1.14 bits per heavy atom. The molecule has 21 heavy (non-hydrogen) atoms. The Kier molecular flexibility index (Phi) is 6.15. The second-order valence-corrected chi connectivity index (χ2v) is 6.24. The summed E-state index contributed by atoms with van der Waals surface area (Å²) in [6, 6.07) is 16.7. The monoisotopic (exact) mass is 301 g/mol. The Labute approximate surface area is 131 Å². The van der Waals surface area contributed by atoms with E-state index in [1.165, 1.54) is 10.5 Å². The number of nitrogens with two attached hydrogens (primary N) is 1. The Morgan fingerprint density at radius 3 is 2.57 bits per heavy atom. The number of ether oxygens (including phenoxy) is 1. The van der Waals surface area contributed by atoms with E-state index in [0.29, 0.717) is 0 Å². The van der Waals surface area contributed by atoms with E-state index in [1.54, 1.807) is 11.8 Å². The fourth-order valence-electron chi connectivity index (χ4n) is 2.02. The lowest BCUT2D eigenvalue weighted by atomic mass is 10.1. The average Bonchev–Trinajstić information content (AvgIpc) is 2.51. The number of aryl methyl sites for hydroxylation is 1. The maximum absolute atomic E-state index is 6.27. The van der Waals surface area contributed by atoms with Crippen molar-refractivity contribution in [1.82, 2.24) is 0 Å². The van der Waals surface area contributed by atoms with Crippen molar-refractivity contribution in [3.63, 3.8) is 0 Å². The fourth-order valence-corrected chi connectivity index (χ4v) is 3.03. The molecule has 0 aromatic heterocycles. The Morgan fingerprint density at radius 2 is 1.90 bits per heavy atom. The van der Waals surface area contributed by atoms with E-state index in [9.17, 15) is 0 Å². The fraction of sp³-hybridized carbons (Fsp3) is 0.333. The van der Waals surface area contributed by atoms with Gasteiger partial charge in [-0.2, -0.15) is 0 Å². The number of hydrogen-bond acceptors (Lipinski definition) is 3. The minimum atomic E-state index is 0.0377. The highest BCUT2D eigenvalue weighted by atomic mass is 32.2. The normalized spacial score (nSPS) is 12.1. The maximum Gasteiger partial charge on any atom is 0.119 e. The molecule has 2 aromatic rings. The topological polar surface area (TPSA) is 35.2 Å².